The highest BCUT2D eigenvalue weighted by Gasteiger charge is 2.19. The van der Waals surface area contributed by atoms with Crippen LogP contribution in [0.3, 0.4) is 0 Å². The number of thiazole rings is 1. The quantitative estimate of drug-likeness (QED) is 0.867. The van der Waals surface area contributed by atoms with Crippen LogP contribution in [-0.2, 0) is 25.9 Å². The van der Waals surface area contributed by atoms with Crippen molar-refractivity contribution in [1.29, 1.82) is 0 Å². The topological polar surface area (TPSA) is 41.9 Å². The van der Waals surface area contributed by atoms with Gasteiger partial charge in [-0.25, -0.2) is 15.0 Å². The largest absolute Gasteiger partial charge is 0.293 e. The van der Waals surface area contributed by atoms with Crippen LogP contribution in [-0.4, -0.2) is 26.4 Å². The first-order chi connectivity index (χ1) is 9.76. The SMILES string of the molecule is CCCc1ncc2c(n1)CCN(Cc1scnc1C)C2. The Hall–Kier alpha value is -1.33. The molecule has 0 bridgehead atoms. The van der Waals surface area contributed by atoms with Gasteiger partial charge >= 0.3 is 0 Å². The van der Waals surface area contributed by atoms with Gasteiger partial charge < -0.3 is 0 Å². The van der Waals surface area contributed by atoms with E-state index in [1.54, 1.807) is 11.3 Å². The van der Waals surface area contributed by atoms with E-state index in [1.807, 2.05) is 11.7 Å². The maximum atomic E-state index is 4.70. The molecule has 1 aliphatic heterocycles. The highest BCUT2D eigenvalue weighted by Crippen LogP contribution is 2.21. The molecule has 0 saturated heterocycles. The van der Waals surface area contributed by atoms with Crippen LogP contribution in [0.2, 0.25) is 0 Å². The molecule has 3 rings (SSSR count). The standard InChI is InChI=1S/C15H20N4S/c1-3-4-15-16-7-12-8-19(6-5-13(12)18-15)9-14-11(2)17-10-20-14/h7,10H,3-6,8-9H2,1-2H3. The maximum absolute atomic E-state index is 4.70. The normalized spacial score (nSPS) is 15.3. The van der Waals surface area contributed by atoms with Crippen molar-refractivity contribution in [1.82, 2.24) is 19.9 Å². The Labute approximate surface area is 123 Å². The van der Waals surface area contributed by atoms with E-state index >= 15 is 0 Å². The Bertz CT molecular complexity index is 593. The smallest absolute Gasteiger partial charge is 0.128 e. The fourth-order valence-corrected chi connectivity index (χ4v) is 3.39. The molecule has 2 aromatic heterocycles. The van der Waals surface area contributed by atoms with Crippen LogP contribution in [0.1, 0.15) is 41.0 Å². The lowest BCUT2D eigenvalue weighted by Crippen LogP contribution is -2.31. The van der Waals surface area contributed by atoms with Gasteiger partial charge in [-0.1, -0.05) is 6.92 Å². The maximum Gasteiger partial charge on any atom is 0.128 e. The minimum atomic E-state index is 0.957. The molecule has 5 heteroatoms. The van der Waals surface area contributed by atoms with Gasteiger partial charge in [0.1, 0.15) is 5.82 Å². The summed E-state index contributed by atoms with van der Waals surface area (Å²) in [4.78, 5) is 17.3. The molecule has 20 heavy (non-hydrogen) atoms. The van der Waals surface area contributed by atoms with Crippen LogP contribution in [0.25, 0.3) is 0 Å². The predicted molar refractivity (Wildman–Crippen MR) is 80.7 cm³/mol. The van der Waals surface area contributed by atoms with E-state index in [0.29, 0.717) is 0 Å². The number of aromatic nitrogens is 3. The molecule has 0 aliphatic carbocycles. The first kappa shape index (κ1) is 13.6. The molecule has 0 aromatic carbocycles. The fourth-order valence-electron chi connectivity index (χ4n) is 2.58. The van der Waals surface area contributed by atoms with E-state index in [2.05, 4.69) is 28.7 Å². The van der Waals surface area contributed by atoms with Crippen LogP contribution < -0.4 is 0 Å². The fraction of sp³-hybridized carbons (Fsp3) is 0.533. The first-order valence-corrected chi connectivity index (χ1v) is 8.09. The van der Waals surface area contributed by atoms with Gasteiger partial charge in [0.05, 0.1) is 11.2 Å². The summed E-state index contributed by atoms with van der Waals surface area (Å²) in [6.07, 6.45) is 5.15. The van der Waals surface area contributed by atoms with E-state index in [9.17, 15) is 0 Å². The molecule has 0 N–H and O–H groups in total. The van der Waals surface area contributed by atoms with Gasteiger partial charge in [0.25, 0.3) is 0 Å². The van der Waals surface area contributed by atoms with E-state index in [0.717, 1.165) is 50.4 Å². The number of rotatable bonds is 4. The van der Waals surface area contributed by atoms with Crippen molar-refractivity contribution in [2.24, 2.45) is 0 Å². The van der Waals surface area contributed by atoms with Crippen LogP contribution in [0.15, 0.2) is 11.7 Å². The van der Waals surface area contributed by atoms with Crippen molar-refractivity contribution >= 4 is 11.3 Å². The average Bonchev–Trinajstić information content (AvgIpc) is 2.85. The van der Waals surface area contributed by atoms with Crippen molar-refractivity contribution < 1.29 is 0 Å². The third-order valence-electron chi connectivity index (χ3n) is 3.75. The highest BCUT2D eigenvalue weighted by atomic mass is 32.1. The third-order valence-corrected chi connectivity index (χ3v) is 4.67. The minimum Gasteiger partial charge on any atom is -0.293 e. The summed E-state index contributed by atoms with van der Waals surface area (Å²) in [7, 11) is 0. The monoisotopic (exact) mass is 288 g/mol. The van der Waals surface area contributed by atoms with Gasteiger partial charge in [-0.05, 0) is 13.3 Å². The van der Waals surface area contributed by atoms with E-state index in [-0.39, 0.29) is 0 Å². The molecule has 0 unspecified atom stereocenters. The summed E-state index contributed by atoms with van der Waals surface area (Å²) in [5.74, 6) is 0.998. The van der Waals surface area contributed by atoms with Gasteiger partial charge in [-0.2, -0.15) is 0 Å². The van der Waals surface area contributed by atoms with Gasteiger partial charge in [0.15, 0.2) is 0 Å². The number of hydrogen-bond acceptors (Lipinski definition) is 5. The molecule has 0 saturated carbocycles. The summed E-state index contributed by atoms with van der Waals surface area (Å²) in [5, 5.41) is 0. The second-order valence-corrected chi connectivity index (χ2v) is 6.27. The first-order valence-electron chi connectivity index (χ1n) is 7.21. The molecule has 0 atom stereocenters. The lowest BCUT2D eigenvalue weighted by Gasteiger charge is -2.27. The van der Waals surface area contributed by atoms with Crippen LogP contribution in [0.4, 0.5) is 0 Å². The molecule has 2 aromatic rings. The van der Waals surface area contributed by atoms with Gasteiger partial charge in [-0.3, -0.25) is 4.90 Å². The van der Waals surface area contributed by atoms with E-state index in [4.69, 9.17) is 4.98 Å². The third kappa shape index (κ3) is 2.88. The zero-order chi connectivity index (χ0) is 13.9. The average molecular weight is 288 g/mol. The summed E-state index contributed by atoms with van der Waals surface area (Å²) < 4.78 is 0. The van der Waals surface area contributed by atoms with Crippen LogP contribution >= 0.6 is 11.3 Å². The Morgan fingerprint density at radius 3 is 3.00 bits per heavy atom. The Morgan fingerprint density at radius 2 is 2.25 bits per heavy atom. The number of aryl methyl sites for hydroxylation is 2. The molecule has 0 spiro atoms. The van der Waals surface area contributed by atoms with Crippen molar-refractivity contribution in [2.45, 2.75) is 46.2 Å². The second-order valence-electron chi connectivity index (χ2n) is 5.33. The lowest BCUT2D eigenvalue weighted by atomic mass is 10.1. The number of hydrogen-bond donors (Lipinski definition) is 0. The molecule has 106 valence electrons. The van der Waals surface area contributed by atoms with Crippen LogP contribution in [0, 0.1) is 6.92 Å². The summed E-state index contributed by atoms with van der Waals surface area (Å²) in [6, 6.07) is 0. The van der Waals surface area contributed by atoms with Gasteiger partial charge in [0.2, 0.25) is 0 Å². The highest BCUT2D eigenvalue weighted by molar-refractivity contribution is 7.09. The van der Waals surface area contributed by atoms with Gasteiger partial charge in [-0.15, -0.1) is 11.3 Å². The Balaban J connectivity index is 1.71. The van der Waals surface area contributed by atoms with E-state index < -0.39 is 0 Å². The van der Waals surface area contributed by atoms with Crippen molar-refractivity contribution in [3.05, 3.63) is 39.4 Å². The molecule has 1 aliphatic rings. The van der Waals surface area contributed by atoms with Gasteiger partial charge in [0, 0.05) is 54.8 Å². The summed E-state index contributed by atoms with van der Waals surface area (Å²) in [5.41, 5.74) is 5.64. The molecular weight excluding hydrogens is 268 g/mol. The number of fused-ring (bicyclic) bond motifs is 1. The second kappa shape index (κ2) is 5.97. The predicted octanol–water partition coefficient (Wildman–Crippen LogP) is 2.75. The zero-order valence-electron chi connectivity index (χ0n) is 12.1. The summed E-state index contributed by atoms with van der Waals surface area (Å²) in [6.45, 7) is 7.28. The Kier molecular flexibility index (Phi) is 4.08. The molecule has 4 nitrogen and oxygen atoms in total. The lowest BCUT2D eigenvalue weighted by molar-refractivity contribution is 0.244. The van der Waals surface area contributed by atoms with Crippen molar-refractivity contribution in [2.75, 3.05) is 6.54 Å². The van der Waals surface area contributed by atoms with Crippen molar-refractivity contribution in [3.63, 3.8) is 0 Å². The summed E-state index contributed by atoms with van der Waals surface area (Å²) >= 11 is 1.75. The van der Waals surface area contributed by atoms with Crippen molar-refractivity contribution in [3.8, 4) is 0 Å². The minimum absolute atomic E-state index is 0.957. The molecular formula is C15H20N4S. The molecule has 0 radical (unpaired) electrons. The number of nitrogens with zero attached hydrogens (tertiary/aromatic N) is 4. The molecule has 3 heterocycles. The Morgan fingerprint density at radius 1 is 1.35 bits per heavy atom. The zero-order valence-corrected chi connectivity index (χ0v) is 12.9. The van der Waals surface area contributed by atoms with Crippen LogP contribution in [0.5, 0.6) is 0 Å². The molecule has 0 amide bonds. The molecule has 0 fully saturated rings. The van der Waals surface area contributed by atoms with E-state index in [1.165, 1.54) is 16.1 Å².